The average Bonchev–Trinajstić information content (AvgIpc) is 2.88. The normalized spacial score (nSPS) is 24.4. The number of ether oxygens (including phenoxy) is 2. The fourth-order valence-electron chi connectivity index (χ4n) is 2.67. The van der Waals surface area contributed by atoms with Crippen molar-refractivity contribution in [2.24, 2.45) is 5.92 Å². The molecule has 3 atom stereocenters. The molecule has 0 spiro atoms. The minimum atomic E-state index is 0.277. The van der Waals surface area contributed by atoms with Crippen LogP contribution in [0.5, 0.6) is 5.75 Å². The van der Waals surface area contributed by atoms with E-state index in [1.54, 1.807) is 0 Å². The predicted octanol–water partition coefficient (Wildman–Crippen LogP) is 5.10. The number of hydrogen-bond acceptors (Lipinski definition) is 2. The number of benzene rings is 1. The molecule has 0 radical (unpaired) electrons. The average molecular weight is 392 g/mol. The molecule has 1 aromatic carbocycles. The zero-order valence-corrected chi connectivity index (χ0v) is 14.5. The molecule has 1 aliphatic rings. The van der Waals surface area contributed by atoms with Crippen LogP contribution in [0.2, 0.25) is 0 Å². The van der Waals surface area contributed by atoms with Crippen LogP contribution in [0.25, 0.3) is 0 Å². The highest BCUT2D eigenvalue weighted by atomic mass is 79.9. The van der Waals surface area contributed by atoms with Gasteiger partial charge in [0.2, 0.25) is 0 Å². The molecule has 19 heavy (non-hydrogen) atoms. The van der Waals surface area contributed by atoms with Gasteiger partial charge < -0.3 is 9.47 Å². The van der Waals surface area contributed by atoms with Gasteiger partial charge in [0.15, 0.2) is 0 Å². The third kappa shape index (κ3) is 3.53. The Bertz CT molecular complexity index is 423. The minimum absolute atomic E-state index is 0.277. The largest absolute Gasteiger partial charge is 0.494 e. The van der Waals surface area contributed by atoms with E-state index in [9.17, 15) is 0 Å². The van der Waals surface area contributed by atoms with Crippen LogP contribution in [0.4, 0.5) is 0 Å². The molecule has 2 rings (SSSR count). The summed E-state index contributed by atoms with van der Waals surface area (Å²) in [6.45, 7) is 5.76. The molecule has 4 heteroatoms. The Morgan fingerprint density at radius 3 is 2.89 bits per heavy atom. The smallest absolute Gasteiger partial charge is 0.123 e. The quantitative estimate of drug-likeness (QED) is 0.650. The molecule has 0 saturated carbocycles. The molecule has 106 valence electrons. The minimum Gasteiger partial charge on any atom is -0.494 e. The van der Waals surface area contributed by atoms with Crippen molar-refractivity contribution in [3.63, 3.8) is 0 Å². The van der Waals surface area contributed by atoms with Crippen molar-refractivity contribution in [1.29, 1.82) is 0 Å². The first-order valence-electron chi connectivity index (χ1n) is 6.85. The van der Waals surface area contributed by atoms with Gasteiger partial charge in [-0.15, -0.1) is 0 Å². The van der Waals surface area contributed by atoms with E-state index in [-0.39, 0.29) is 4.83 Å². The Balaban J connectivity index is 2.26. The number of halogens is 2. The van der Waals surface area contributed by atoms with Crippen molar-refractivity contribution in [3.8, 4) is 5.75 Å². The van der Waals surface area contributed by atoms with Crippen LogP contribution in [-0.2, 0) is 4.74 Å². The van der Waals surface area contributed by atoms with Crippen LogP contribution < -0.4 is 4.74 Å². The highest BCUT2D eigenvalue weighted by Crippen LogP contribution is 2.44. The molecule has 2 nitrogen and oxygen atoms in total. The first-order chi connectivity index (χ1) is 9.17. The zero-order valence-electron chi connectivity index (χ0n) is 11.4. The highest BCUT2D eigenvalue weighted by molar-refractivity contribution is 9.10. The molecule has 0 aromatic heterocycles. The Morgan fingerprint density at radius 2 is 2.21 bits per heavy atom. The number of alkyl halides is 1. The molecule has 1 aromatic rings. The van der Waals surface area contributed by atoms with E-state index in [0.29, 0.717) is 18.6 Å². The van der Waals surface area contributed by atoms with Gasteiger partial charge in [-0.1, -0.05) is 38.8 Å². The van der Waals surface area contributed by atoms with Crippen LogP contribution in [0.1, 0.15) is 37.1 Å². The second kappa shape index (κ2) is 7.09. The summed E-state index contributed by atoms with van der Waals surface area (Å²) in [6.07, 6.45) is 2.51. The fourth-order valence-corrected chi connectivity index (χ4v) is 4.01. The zero-order chi connectivity index (χ0) is 13.8. The van der Waals surface area contributed by atoms with Crippen molar-refractivity contribution in [2.45, 2.75) is 37.6 Å². The lowest BCUT2D eigenvalue weighted by atomic mass is 9.91. The van der Waals surface area contributed by atoms with Gasteiger partial charge in [-0.3, -0.25) is 0 Å². The van der Waals surface area contributed by atoms with E-state index in [2.05, 4.69) is 44.8 Å². The van der Waals surface area contributed by atoms with Gasteiger partial charge in [-0.05, 0) is 38.0 Å². The van der Waals surface area contributed by atoms with Gasteiger partial charge in [0.05, 0.1) is 12.7 Å². The Morgan fingerprint density at radius 1 is 1.42 bits per heavy atom. The Labute approximate surface area is 132 Å². The monoisotopic (exact) mass is 390 g/mol. The molecular weight excluding hydrogens is 372 g/mol. The maximum atomic E-state index is 5.80. The third-order valence-electron chi connectivity index (χ3n) is 3.61. The molecule has 3 unspecified atom stereocenters. The molecule has 0 aliphatic carbocycles. The first kappa shape index (κ1) is 15.3. The predicted molar refractivity (Wildman–Crippen MR) is 85.1 cm³/mol. The molecule has 1 heterocycles. The van der Waals surface area contributed by atoms with Gasteiger partial charge in [-0.25, -0.2) is 0 Å². The van der Waals surface area contributed by atoms with E-state index in [0.717, 1.165) is 29.7 Å². The second-order valence-corrected chi connectivity index (χ2v) is 6.69. The summed E-state index contributed by atoms with van der Waals surface area (Å²) in [4.78, 5) is 0.277. The standard InChI is InChI=1S/C15H20Br2O2/c1-3-13-11(7-8-19-13)15(17)12-9-10(16)5-6-14(12)18-4-2/h5-6,9,11,13,15H,3-4,7-8H2,1-2H3. The van der Waals surface area contributed by atoms with Crippen LogP contribution in [-0.4, -0.2) is 19.3 Å². The molecular formula is C15H20Br2O2. The molecule has 1 saturated heterocycles. The van der Waals surface area contributed by atoms with E-state index < -0.39 is 0 Å². The summed E-state index contributed by atoms with van der Waals surface area (Å²) >= 11 is 7.42. The van der Waals surface area contributed by atoms with E-state index in [1.807, 2.05) is 19.1 Å². The van der Waals surface area contributed by atoms with Crippen LogP contribution in [0, 0.1) is 5.92 Å². The van der Waals surface area contributed by atoms with Crippen LogP contribution in [0.15, 0.2) is 22.7 Å². The lowest BCUT2D eigenvalue weighted by Crippen LogP contribution is -2.19. The van der Waals surface area contributed by atoms with E-state index in [4.69, 9.17) is 9.47 Å². The van der Waals surface area contributed by atoms with Crippen molar-refractivity contribution in [1.82, 2.24) is 0 Å². The SMILES string of the molecule is CCOc1ccc(Br)cc1C(Br)C1CCOC1CC. The van der Waals surface area contributed by atoms with Gasteiger partial charge >= 0.3 is 0 Å². The maximum absolute atomic E-state index is 5.80. The van der Waals surface area contributed by atoms with Gasteiger partial charge in [0, 0.05) is 27.4 Å². The maximum Gasteiger partial charge on any atom is 0.123 e. The fraction of sp³-hybridized carbons (Fsp3) is 0.600. The van der Waals surface area contributed by atoms with Gasteiger partial charge in [0.25, 0.3) is 0 Å². The third-order valence-corrected chi connectivity index (χ3v) is 5.27. The Hall–Kier alpha value is -0.0600. The van der Waals surface area contributed by atoms with Gasteiger partial charge in [0.1, 0.15) is 5.75 Å². The highest BCUT2D eigenvalue weighted by Gasteiger charge is 2.34. The van der Waals surface area contributed by atoms with Crippen LogP contribution >= 0.6 is 31.9 Å². The molecule has 1 fully saturated rings. The summed E-state index contributed by atoms with van der Waals surface area (Å²) in [5, 5.41) is 0. The van der Waals surface area contributed by atoms with Crippen molar-refractivity contribution >= 4 is 31.9 Å². The van der Waals surface area contributed by atoms with Crippen molar-refractivity contribution in [2.75, 3.05) is 13.2 Å². The van der Waals surface area contributed by atoms with Gasteiger partial charge in [-0.2, -0.15) is 0 Å². The van der Waals surface area contributed by atoms with Crippen molar-refractivity contribution in [3.05, 3.63) is 28.2 Å². The molecule has 0 amide bonds. The van der Waals surface area contributed by atoms with Crippen LogP contribution in [0.3, 0.4) is 0 Å². The Kier molecular flexibility index (Phi) is 5.72. The first-order valence-corrected chi connectivity index (χ1v) is 8.56. The summed E-state index contributed by atoms with van der Waals surface area (Å²) in [7, 11) is 0. The summed E-state index contributed by atoms with van der Waals surface area (Å²) in [5.41, 5.74) is 1.21. The summed E-state index contributed by atoms with van der Waals surface area (Å²) in [6, 6.07) is 6.21. The van der Waals surface area contributed by atoms with Crippen molar-refractivity contribution < 1.29 is 9.47 Å². The second-order valence-electron chi connectivity index (χ2n) is 4.79. The molecule has 1 aliphatic heterocycles. The molecule has 0 bridgehead atoms. The van der Waals surface area contributed by atoms with E-state index >= 15 is 0 Å². The van der Waals surface area contributed by atoms with E-state index in [1.165, 1.54) is 5.56 Å². The molecule has 0 N–H and O–H groups in total. The summed E-state index contributed by atoms with van der Waals surface area (Å²) in [5.74, 6) is 1.48. The summed E-state index contributed by atoms with van der Waals surface area (Å²) < 4.78 is 12.6. The lowest BCUT2D eigenvalue weighted by molar-refractivity contribution is 0.0871. The lowest BCUT2D eigenvalue weighted by Gasteiger charge is -2.24. The number of rotatable bonds is 5. The number of hydrogen-bond donors (Lipinski definition) is 0. The topological polar surface area (TPSA) is 18.5 Å².